The predicted molar refractivity (Wildman–Crippen MR) is 103 cm³/mol. The summed E-state index contributed by atoms with van der Waals surface area (Å²) in [5.41, 5.74) is 0.676. The van der Waals surface area contributed by atoms with Crippen LogP contribution in [0.25, 0.3) is 0 Å². The van der Waals surface area contributed by atoms with Crippen molar-refractivity contribution in [1.29, 1.82) is 0 Å². The number of amides is 1. The summed E-state index contributed by atoms with van der Waals surface area (Å²) < 4.78 is 24.6. The molecule has 2 aromatic carbocycles. The monoisotopic (exact) mass is 377 g/mol. The van der Waals surface area contributed by atoms with Gasteiger partial charge in [-0.05, 0) is 30.2 Å². The van der Waals surface area contributed by atoms with E-state index in [1.165, 1.54) is 6.07 Å². The zero-order valence-electron chi connectivity index (χ0n) is 15.0. The Bertz CT molecular complexity index is 711. The van der Waals surface area contributed by atoms with E-state index in [0.29, 0.717) is 41.5 Å². The van der Waals surface area contributed by atoms with Crippen LogP contribution in [-0.2, 0) is 10.5 Å². The van der Waals surface area contributed by atoms with Crippen LogP contribution in [0.2, 0.25) is 0 Å². The van der Waals surface area contributed by atoms with Crippen molar-refractivity contribution in [2.45, 2.75) is 25.2 Å². The zero-order chi connectivity index (χ0) is 18.8. The molecular weight excluding hydrogens is 353 g/mol. The Morgan fingerprint density at radius 2 is 1.85 bits per heavy atom. The van der Waals surface area contributed by atoms with Crippen LogP contribution in [0.4, 0.5) is 4.39 Å². The predicted octanol–water partition coefficient (Wildman–Crippen LogP) is 4.04. The molecule has 1 N–H and O–H groups in total. The van der Waals surface area contributed by atoms with Gasteiger partial charge in [-0.25, -0.2) is 4.39 Å². The summed E-state index contributed by atoms with van der Waals surface area (Å²) in [5.74, 6) is 2.07. The molecule has 26 heavy (non-hydrogen) atoms. The van der Waals surface area contributed by atoms with E-state index < -0.39 is 6.10 Å². The maximum absolute atomic E-state index is 13.5. The van der Waals surface area contributed by atoms with Gasteiger partial charge in [0.25, 0.3) is 5.91 Å². The van der Waals surface area contributed by atoms with Gasteiger partial charge in [-0.2, -0.15) is 11.8 Å². The number of nitrogens with one attached hydrogen (secondary N) is 1. The molecule has 0 aromatic heterocycles. The lowest BCUT2D eigenvalue weighted by Crippen LogP contribution is -2.39. The first-order valence-electron chi connectivity index (χ1n) is 8.54. The van der Waals surface area contributed by atoms with Crippen molar-refractivity contribution >= 4 is 17.7 Å². The van der Waals surface area contributed by atoms with Gasteiger partial charge in [0.05, 0.1) is 7.11 Å². The standard InChI is InChI=1S/C20H24FNO3S/c1-3-17(25-19-11-7-6-10-18(19)24-2)20(23)22-12-13-26-14-15-8-4-5-9-16(15)21/h4-11,17H,3,12-14H2,1-2H3,(H,22,23). The lowest BCUT2D eigenvalue weighted by molar-refractivity contribution is -0.128. The van der Waals surface area contributed by atoms with Crippen molar-refractivity contribution < 1.29 is 18.7 Å². The van der Waals surface area contributed by atoms with Gasteiger partial charge in [0.1, 0.15) is 5.82 Å². The molecule has 1 amide bonds. The number of ether oxygens (including phenoxy) is 2. The third kappa shape index (κ3) is 5.95. The maximum atomic E-state index is 13.5. The van der Waals surface area contributed by atoms with Gasteiger partial charge in [0.2, 0.25) is 0 Å². The zero-order valence-corrected chi connectivity index (χ0v) is 15.9. The van der Waals surface area contributed by atoms with E-state index in [4.69, 9.17) is 9.47 Å². The summed E-state index contributed by atoms with van der Waals surface area (Å²) in [6, 6.07) is 14.0. The van der Waals surface area contributed by atoms with E-state index in [1.807, 2.05) is 25.1 Å². The molecule has 2 rings (SSSR count). The van der Waals surface area contributed by atoms with Crippen molar-refractivity contribution in [2.75, 3.05) is 19.4 Å². The van der Waals surface area contributed by atoms with Crippen molar-refractivity contribution in [2.24, 2.45) is 0 Å². The minimum absolute atomic E-state index is 0.162. The van der Waals surface area contributed by atoms with Gasteiger partial charge in [0, 0.05) is 18.1 Å². The highest BCUT2D eigenvalue weighted by molar-refractivity contribution is 7.98. The fourth-order valence-electron chi connectivity index (χ4n) is 2.35. The lowest BCUT2D eigenvalue weighted by Gasteiger charge is -2.18. The highest BCUT2D eigenvalue weighted by atomic mass is 32.2. The van der Waals surface area contributed by atoms with Crippen molar-refractivity contribution in [3.05, 3.63) is 59.9 Å². The number of hydrogen-bond donors (Lipinski definition) is 1. The van der Waals surface area contributed by atoms with Crippen molar-refractivity contribution in [3.8, 4) is 11.5 Å². The number of para-hydroxylation sites is 2. The molecule has 140 valence electrons. The fraction of sp³-hybridized carbons (Fsp3) is 0.350. The maximum Gasteiger partial charge on any atom is 0.261 e. The summed E-state index contributed by atoms with van der Waals surface area (Å²) in [6.45, 7) is 2.40. The Hall–Kier alpha value is -2.21. The van der Waals surface area contributed by atoms with Crippen LogP contribution in [0.5, 0.6) is 11.5 Å². The Morgan fingerprint density at radius 3 is 2.54 bits per heavy atom. The van der Waals surface area contributed by atoms with Gasteiger partial charge in [0.15, 0.2) is 17.6 Å². The molecule has 0 aliphatic carbocycles. The smallest absolute Gasteiger partial charge is 0.261 e. The molecule has 0 heterocycles. The first-order chi connectivity index (χ1) is 12.7. The van der Waals surface area contributed by atoms with Crippen molar-refractivity contribution in [1.82, 2.24) is 5.32 Å². The van der Waals surface area contributed by atoms with Crippen LogP contribution in [0.1, 0.15) is 18.9 Å². The number of carbonyl (C=O) groups excluding carboxylic acids is 1. The molecule has 2 aromatic rings. The van der Waals surface area contributed by atoms with Gasteiger partial charge in [-0.15, -0.1) is 0 Å². The van der Waals surface area contributed by atoms with Crippen molar-refractivity contribution in [3.63, 3.8) is 0 Å². The average molecular weight is 377 g/mol. The Kier molecular flexibility index (Phi) is 8.28. The molecule has 0 radical (unpaired) electrons. The molecule has 1 unspecified atom stereocenters. The van der Waals surface area contributed by atoms with Crippen LogP contribution >= 0.6 is 11.8 Å². The van der Waals surface area contributed by atoms with E-state index in [-0.39, 0.29) is 11.7 Å². The molecule has 0 aliphatic rings. The average Bonchev–Trinajstić information content (AvgIpc) is 2.67. The minimum atomic E-state index is -0.581. The Morgan fingerprint density at radius 1 is 1.15 bits per heavy atom. The van der Waals surface area contributed by atoms with Crippen LogP contribution in [0.15, 0.2) is 48.5 Å². The molecular formula is C20H24FNO3S. The summed E-state index contributed by atoms with van der Waals surface area (Å²) in [7, 11) is 1.57. The van der Waals surface area contributed by atoms with Gasteiger partial charge in [-0.1, -0.05) is 37.3 Å². The van der Waals surface area contributed by atoms with E-state index in [9.17, 15) is 9.18 Å². The summed E-state index contributed by atoms with van der Waals surface area (Å²) in [5, 5.41) is 2.87. The van der Waals surface area contributed by atoms with Crippen LogP contribution in [0.3, 0.4) is 0 Å². The quantitative estimate of drug-likeness (QED) is 0.635. The molecule has 0 fully saturated rings. The molecule has 0 saturated carbocycles. The van der Waals surface area contributed by atoms with Crippen LogP contribution in [0, 0.1) is 5.82 Å². The minimum Gasteiger partial charge on any atom is -0.493 e. The van der Waals surface area contributed by atoms with Gasteiger partial charge in [-0.3, -0.25) is 4.79 Å². The highest BCUT2D eigenvalue weighted by Crippen LogP contribution is 2.27. The van der Waals surface area contributed by atoms with Crippen LogP contribution in [-0.4, -0.2) is 31.4 Å². The molecule has 0 saturated heterocycles. The summed E-state index contributed by atoms with van der Waals surface area (Å²) in [6.07, 6.45) is -0.0328. The number of methoxy groups -OCH3 is 1. The second-order valence-electron chi connectivity index (χ2n) is 5.60. The number of hydrogen-bond acceptors (Lipinski definition) is 4. The molecule has 4 nitrogen and oxygen atoms in total. The summed E-state index contributed by atoms with van der Waals surface area (Å²) in [4.78, 5) is 12.3. The number of rotatable bonds is 10. The normalized spacial score (nSPS) is 11.7. The molecule has 0 bridgehead atoms. The molecule has 0 spiro atoms. The molecule has 1 atom stereocenters. The lowest BCUT2D eigenvalue weighted by atomic mass is 10.2. The second-order valence-corrected chi connectivity index (χ2v) is 6.71. The number of thioether (sulfide) groups is 1. The van der Waals surface area contributed by atoms with Crippen LogP contribution < -0.4 is 14.8 Å². The van der Waals surface area contributed by atoms with Gasteiger partial charge < -0.3 is 14.8 Å². The third-order valence-electron chi connectivity index (χ3n) is 3.76. The van der Waals surface area contributed by atoms with Gasteiger partial charge >= 0.3 is 0 Å². The fourth-order valence-corrected chi connectivity index (χ4v) is 3.19. The second kappa shape index (κ2) is 10.7. The molecule has 6 heteroatoms. The van der Waals surface area contributed by atoms with E-state index in [1.54, 1.807) is 43.1 Å². The van der Waals surface area contributed by atoms with E-state index in [2.05, 4.69) is 5.32 Å². The first kappa shape index (κ1) is 20.1. The van der Waals surface area contributed by atoms with E-state index in [0.717, 1.165) is 0 Å². The summed E-state index contributed by atoms with van der Waals surface area (Å²) >= 11 is 1.58. The SMILES string of the molecule is CCC(Oc1ccccc1OC)C(=O)NCCSCc1ccccc1F. The molecule has 0 aliphatic heterocycles. The number of carbonyl (C=O) groups is 1. The largest absolute Gasteiger partial charge is 0.493 e. The first-order valence-corrected chi connectivity index (χ1v) is 9.69. The third-order valence-corrected chi connectivity index (χ3v) is 4.77. The van der Waals surface area contributed by atoms with E-state index >= 15 is 0 Å². The number of halogens is 1. The topological polar surface area (TPSA) is 47.6 Å². The number of benzene rings is 2. The Labute approximate surface area is 158 Å². The Balaban J connectivity index is 1.76. The highest BCUT2D eigenvalue weighted by Gasteiger charge is 2.19.